The van der Waals surface area contributed by atoms with Crippen molar-refractivity contribution in [1.29, 1.82) is 5.26 Å². The molecule has 92 valence electrons. The molecule has 0 unspecified atom stereocenters. The van der Waals surface area contributed by atoms with Crippen LogP contribution in [0.2, 0.25) is 0 Å². The Morgan fingerprint density at radius 1 is 1.33 bits per heavy atom. The molecule has 0 aliphatic heterocycles. The van der Waals surface area contributed by atoms with Gasteiger partial charge in [-0.1, -0.05) is 39.0 Å². The first kappa shape index (κ1) is 12.4. The van der Waals surface area contributed by atoms with Crippen molar-refractivity contribution in [2.75, 3.05) is 0 Å². The molecule has 0 amide bonds. The highest BCUT2D eigenvalue weighted by Gasteiger charge is 2.17. The molecule has 0 bridgehead atoms. The van der Waals surface area contributed by atoms with Crippen molar-refractivity contribution in [2.45, 2.75) is 32.6 Å². The van der Waals surface area contributed by atoms with Crippen molar-refractivity contribution in [3.8, 4) is 6.07 Å². The van der Waals surface area contributed by atoms with Gasteiger partial charge in [-0.3, -0.25) is 4.79 Å². The molecule has 2 rings (SSSR count). The zero-order valence-electron chi connectivity index (χ0n) is 10.9. The molecule has 1 heterocycles. The number of aromatic amines is 1. The number of nitrogens with one attached hydrogen (secondary N) is 1. The third-order valence-electron chi connectivity index (χ3n) is 3.03. The third kappa shape index (κ3) is 2.14. The third-order valence-corrected chi connectivity index (χ3v) is 3.03. The number of hydrogen-bond donors (Lipinski definition) is 1. The summed E-state index contributed by atoms with van der Waals surface area (Å²) in [5, 5.41) is 9.68. The van der Waals surface area contributed by atoms with Gasteiger partial charge < -0.3 is 4.98 Å². The summed E-state index contributed by atoms with van der Waals surface area (Å²) in [5.41, 5.74) is 2.31. The predicted molar refractivity (Wildman–Crippen MR) is 72.6 cm³/mol. The molecule has 18 heavy (non-hydrogen) atoms. The lowest BCUT2D eigenvalue weighted by atomic mass is 9.85. The molecule has 0 saturated carbocycles. The van der Waals surface area contributed by atoms with Crippen LogP contribution >= 0.6 is 0 Å². The van der Waals surface area contributed by atoms with E-state index in [2.05, 4.69) is 25.8 Å². The number of hydrogen-bond acceptors (Lipinski definition) is 2. The minimum absolute atomic E-state index is 0.0286. The molecule has 0 radical (unpaired) electrons. The van der Waals surface area contributed by atoms with E-state index >= 15 is 0 Å². The summed E-state index contributed by atoms with van der Waals surface area (Å²) in [6.45, 7) is 6.34. The SMILES string of the molecule is CC(C)(C)c1cccc2cc(CC#N)c(=O)[nH]c12. The van der Waals surface area contributed by atoms with Crippen LogP contribution in [0.4, 0.5) is 0 Å². The quantitative estimate of drug-likeness (QED) is 0.833. The molecule has 0 spiro atoms. The highest BCUT2D eigenvalue weighted by Crippen LogP contribution is 2.28. The molecular weight excluding hydrogens is 224 g/mol. The van der Waals surface area contributed by atoms with E-state index in [0.29, 0.717) is 5.56 Å². The van der Waals surface area contributed by atoms with Crippen molar-refractivity contribution in [1.82, 2.24) is 4.98 Å². The van der Waals surface area contributed by atoms with Gasteiger partial charge in [-0.25, -0.2) is 0 Å². The number of nitrogens with zero attached hydrogens (tertiary/aromatic N) is 1. The number of H-pyrrole nitrogens is 1. The Hall–Kier alpha value is -2.08. The zero-order valence-corrected chi connectivity index (χ0v) is 10.9. The fourth-order valence-corrected chi connectivity index (χ4v) is 2.12. The maximum Gasteiger partial charge on any atom is 0.252 e. The van der Waals surface area contributed by atoms with E-state index in [1.165, 1.54) is 0 Å². The van der Waals surface area contributed by atoms with Gasteiger partial charge in [0.25, 0.3) is 5.56 Å². The maximum absolute atomic E-state index is 11.9. The highest BCUT2D eigenvalue weighted by atomic mass is 16.1. The van der Waals surface area contributed by atoms with E-state index in [-0.39, 0.29) is 17.4 Å². The normalized spacial score (nSPS) is 11.4. The van der Waals surface area contributed by atoms with Gasteiger partial charge in [0.15, 0.2) is 0 Å². The first-order valence-electron chi connectivity index (χ1n) is 5.96. The van der Waals surface area contributed by atoms with Crippen LogP contribution in [0.5, 0.6) is 0 Å². The Labute approximate surface area is 106 Å². The van der Waals surface area contributed by atoms with Crippen LogP contribution in [0.25, 0.3) is 10.9 Å². The standard InChI is InChI=1S/C15H16N2O/c1-15(2,3)12-6-4-5-10-9-11(7-8-16)14(18)17-13(10)12/h4-6,9H,7H2,1-3H3,(H,17,18). The molecule has 0 saturated heterocycles. The van der Waals surface area contributed by atoms with Gasteiger partial charge in [0.2, 0.25) is 0 Å². The fraction of sp³-hybridized carbons (Fsp3) is 0.333. The van der Waals surface area contributed by atoms with Crippen molar-refractivity contribution < 1.29 is 0 Å². The van der Waals surface area contributed by atoms with E-state index in [1.807, 2.05) is 30.3 Å². The van der Waals surface area contributed by atoms with E-state index in [4.69, 9.17) is 5.26 Å². The average molecular weight is 240 g/mol. The summed E-state index contributed by atoms with van der Waals surface area (Å²) in [5.74, 6) is 0. The van der Waals surface area contributed by atoms with Crippen LogP contribution in [0.1, 0.15) is 31.9 Å². The van der Waals surface area contributed by atoms with E-state index in [1.54, 1.807) is 0 Å². The first-order valence-corrected chi connectivity index (χ1v) is 5.96. The molecule has 3 nitrogen and oxygen atoms in total. The Morgan fingerprint density at radius 3 is 2.67 bits per heavy atom. The second-order valence-corrected chi connectivity index (χ2v) is 5.48. The van der Waals surface area contributed by atoms with Crippen LogP contribution < -0.4 is 5.56 Å². The summed E-state index contributed by atoms with van der Waals surface area (Å²) >= 11 is 0. The molecule has 0 fully saturated rings. The van der Waals surface area contributed by atoms with Crippen LogP contribution in [-0.4, -0.2) is 4.98 Å². The van der Waals surface area contributed by atoms with Crippen molar-refractivity contribution in [3.63, 3.8) is 0 Å². The Morgan fingerprint density at radius 2 is 2.06 bits per heavy atom. The summed E-state index contributed by atoms with van der Waals surface area (Å²) in [7, 11) is 0. The number of aromatic nitrogens is 1. The van der Waals surface area contributed by atoms with Gasteiger partial charge in [0.05, 0.1) is 18.0 Å². The van der Waals surface area contributed by atoms with Gasteiger partial charge >= 0.3 is 0 Å². The molecule has 1 aromatic heterocycles. The van der Waals surface area contributed by atoms with Gasteiger partial charge in [-0.2, -0.15) is 5.26 Å². The lowest BCUT2D eigenvalue weighted by Crippen LogP contribution is -2.17. The summed E-state index contributed by atoms with van der Waals surface area (Å²) in [6, 6.07) is 9.80. The zero-order chi connectivity index (χ0) is 13.3. The van der Waals surface area contributed by atoms with Crippen molar-refractivity contribution in [3.05, 3.63) is 45.7 Å². The van der Waals surface area contributed by atoms with Gasteiger partial charge in [-0.05, 0) is 22.4 Å². The second-order valence-electron chi connectivity index (χ2n) is 5.48. The maximum atomic E-state index is 11.9. The summed E-state index contributed by atoms with van der Waals surface area (Å²) in [4.78, 5) is 14.8. The number of benzene rings is 1. The Balaban J connectivity index is 2.78. The molecule has 0 aliphatic rings. The lowest BCUT2D eigenvalue weighted by Gasteiger charge is -2.21. The van der Waals surface area contributed by atoms with Crippen LogP contribution in [0, 0.1) is 11.3 Å². The Kier molecular flexibility index (Phi) is 2.96. The molecule has 0 atom stereocenters. The monoisotopic (exact) mass is 240 g/mol. The molecule has 1 aromatic carbocycles. The molecule has 2 aromatic rings. The smallest absolute Gasteiger partial charge is 0.252 e. The van der Waals surface area contributed by atoms with E-state index < -0.39 is 0 Å². The highest BCUT2D eigenvalue weighted by molar-refractivity contribution is 5.83. The van der Waals surface area contributed by atoms with Gasteiger partial charge in [0.1, 0.15) is 0 Å². The molecular formula is C15H16N2O. The largest absolute Gasteiger partial charge is 0.321 e. The van der Waals surface area contributed by atoms with Gasteiger partial charge in [-0.15, -0.1) is 0 Å². The van der Waals surface area contributed by atoms with Crippen molar-refractivity contribution >= 4 is 10.9 Å². The fourth-order valence-electron chi connectivity index (χ4n) is 2.12. The average Bonchev–Trinajstić information content (AvgIpc) is 2.28. The van der Waals surface area contributed by atoms with Gasteiger partial charge in [0, 0.05) is 5.56 Å². The number of rotatable bonds is 1. The lowest BCUT2D eigenvalue weighted by molar-refractivity contribution is 0.594. The minimum atomic E-state index is -0.166. The second kappa shape index (κ2) is 4.30. The van der Waals surface area contributed by atoms with Crippen LogP contribution in [0.15, 0.2) is 29.1 Å². The predicted octanol–water partition coefficient (Wildman–Crippen LogP) is 2.89. The number of nitriles is 1. The van der Waals surface area contributed by atoms with E-state index in [0.717, 1.165) is 16.5 Å². The number of pyridine rings is 1. The first-order chi connectivity index (χ1) is 8.43. The summed E-state index contributed by atoms with van der Waals surface area (Å²) in [6.07, 6.45) is 0.144. The minimum Gasteiger partial charge on any atom is -0.321 e. The van der Waals surface area contributed by atoms with Crippen LogP contribution in [0.3, 0.4) is 0 Å². The van der Waals surface area contributed by atoms with E-state index in [9.17, 15) is 4.79 Å². The Bertz CT molecular complexity index is 684. The number of para-hydroxylation sites is 1. The topological polar surface area (TPSA) is 56.6 Å². The summed E-state index contributed by atoms with van der Waals surface area (Å²) < 4.78 is 0. The molecule has 0 aliphatic carbocycles. The van der Waals surface area contributed by atoms with Crippen molar-refractivity contribution in [2.24, 2.45) is 0 Å². The molecule has 3 heteroatoms. The molecule has 1 N–H and O–H groups in total. The number of fused-ring (bicyclic) bond motifs is 1. The van der Waals surface area contributed by atoms with Crippen LogP contribution in [-0.2, 0) is 11.8 Å².